The molecule has 6 heteroatoms. The van der Waals surface area contributed by atoms with Gasteiger partial charge in [-0.15, -0.1) is 0 Å². The van der Waals surface area contributed by atoms with Crippen LogP contribution < -0.4 is 5.32 Å². The molecule has 0 unspecified atom stereocenters. The molecule has 1 aromatic rings. The lowest BCUT2D eigenvalue weighted by atomic mass is 9.81. The summed E-state index contributed by atoms with van der Waals surface area (Å²) in [6, 6.07) is 4.84. The highest BCUT2D eigenvalue weighted by Gasteiger charge is 2.42. The zero-order valence-electron chi connectivity index (χ0n) is 11.7. The van der Waals surface area contributed by atoms with Crippen molar-refractivity contribution in [3.05, 3.63) is 33.8 Å². The zero-order valence-corrected chi connectivity index (χ0v) is 13.3. The second-order valence-corrected chi connectivity index (χ2v) is 5.98. The molecule has 0 aromatic heterocycles. The molecule has 0 heterocycles. The predicted octanol–water partition coefficient (Wildman–Crippen LogP) is 3.60. The monoisotopic (exact) mass is 329 g/mol. The molecule has 21 heavy (non-hydrogen) atoms. The van der Waals surface area contributed by atoms with Gasteiger partial charge in [-0.3, -0.25) is 4.79 Å². The summed E-state index contributed by atoms with van der Waals surface area (Å²) >= 11 is 12.0. The van der Waals surface area contributed by atoms with Crippen molar-refractivity contribution in [1.82, 2.24) is 5.32 Å². The Morgan fingerprint density at radius 3 is 2.48 bits per heavy atom. The largest absolute Gasteiger partial charge is 0.467 e. The summed E-state index contributed by atoms with van der Waals surface area (Å²) in [7, 11) is 1.33. The smallest absolute Gasteiger partial charge is 0.331 e. The van der Waals surface area contributed by atoms with Crippen molar-refractivity contribution in [3.8, 4) is 0 Å². The fraction of sp³-hybridized carbons (Fsp3) is 0.467. The van der Waals surface area contributed by atoms with Crippen molar-refractivity contribution >= 4 is 35.1 Å². The zero-order chi connectivity index (χ0) is 15.5. The number of carbonyl (C=O) groups is 2. The number of halogens is 2. The molecule has 0 saturated heterocycles. The molecule has 1 saturated carbocycles. The Bertz CT molecular complexity index is 554. The molecule has 1 aliphatic rings. The summed E-state index contributed by atoms with van der Waals surface area (Å²) < 4.78 is 4.87. The molecule has 1 amide bonds. The summed E-state index contributed by atoms with van der Waals surface area (Å²) in [5.41, 5.74) is -0.701. The molecule has 0 spiro atoms. The van der Waals surface area contributed by atoms with E-state index in [1.807, 2.05) is 0 Å². The molecule has 1 fully saturated rings. The van der Waals surface area contributed by atoms with Gasteiger partial charge in [0.05, 0.1) is 22.7 Å². The average Bonchev–Trinajstić information content (AvgIpc) is 2.50. The van der Waals surface area contributed by atoms with Crippen LogP contribution in [0, 0.1) is 0 Å². The molecule has 1 aliphatic carbocycles. The lowest BCUT2D eigenvalue weighted by Crippen LogP contribution is -2.56. The van der Waals surface area contributed by atoms with E-state index in [1.165, 1.54) is 7.11 Å². The summed E-state index contributed by atoms with van der Waals surface area (Å²) in [4.78, 5) is 24.6. The summed E-state index contributed by atoms with van der Waals surface area (Å²) in [5.74, 6) is -0.816. The summed E-state index contributed by atoms with van der Waals surface area (Å²) in [6.07, 6.45) is 3.94. The van der Waals surface area contributed by atoms with Crippen LogP contribution in [0.25, 0.3) is 0 Å². The number of amides is 1. The van der Waals surface area contributed by atoms with E-state index in [9.17, 15) is 9.59 Å². The van der Waals surface area contributed by atoms with Gasteiger partial charge >= 0.3 is 5.97 Å². The molecule has 114 valence electrons. The fourth-order valence-corrected chi connectivity index (χ4v) is 3.08. The lowest BCUT2D eigenvalue weighted by Gasteiger charge is -2.35. The highest BCUT2D eigenvalue weighted by molar-refractivity contribution is 6.43. The van der Waals surface area contributed by atoms with E-state index in [-0.39, 0.29) is 10.6 Å². The van der Waals surface area contributed by atoms with Crippen LogP contribution in [0.5, 0.6) is 0 Å². The van der Waals surface area contributed by atoms with Gasteiger partial charge in [-0.25, -0.2) is 4.79 Å². The number of nitrogens with one attached hydrogen (secondary N) is 1. The molecular formula is C15H17Cl2NO3. The first-order chi connectivity index (χ1) is 10.00. The van der Waals surface area contributed by atoms with E-state index in [1.54, 1.807) is 18.2 Å². The van der Waals surface area contributed by atoms with Crippen LogP contribution >= 0.6 is 23.2 Å². The van der Waals surface area contributed by atoms with E-state index in [4.69, 9.17) is 27.9 Å². The molecular weight excluding hydrogens is 313 g/mol. The Morgan fingerprint density at radius 1 is 1.19 bits per heavy atom. The molecule has 0 aliphatic heterocycles. The van der Waals surface area contributed by atoms with Crippen LogP contribution in [0.15, 0.2) is 18.2 Å². The van der Waals surface area contributed by atoms with Crippen molar-refractivity contribution in [3.63, 3.8) is 0 Å². The van der Waals surface area contributed by atoms with Gasteiger partial charge in [-0.1, -0.05) is 48.5 Å². The van der Waals surface area contributed by atoms with Crippen molar-refractivity contribution in [2.24, 2.45) is 0 Å². The van der Waals surface area contributed by atoms with Gasteiger partial charge in [0, 0.05) is 0 Å². The Hall–Kier alpha value is -1.26. The fourth-order valence-electron chi connectivity index (χ4n) is 2.69. The highest BCUT2D eigenvalue weighted by Crippen LogP contribution is 2.31. The Morgan fingerprint density at radius 2 is 1.86 bits per heavy atom. The molecule has 0 bridgehead atoms. The quantitative estimate of drug-likeness (QED) is 0.862. The lowest BCUT2D eigenvalue weighted by molar-refractivity contribution is -0.149. The second kappa shape index (κ2) is 6.67. The van der Waals surface area contributed by atoms with Gasteiger partial charge in [0.15, 0.2) is 0 Å². The minimum atomic E-state index is -0.963. The maximum Gasteiger partial charge on any atom is 0.331 e. The van der Waals surface area contributed by atoms with Crippen molar-refractivity contribution in [2.45, 2.75) is 37.6 Å². The van der Waals surface area contributed by atoms with E-state index in [0.29, 0.717) is 17.9 Å². The number of hydrogen-bond acceptors (Lipinski definition) is 3. The molecule has 1 N–H and O–H groups in total. The average molecular weight is 330 g/mol. The van der Waals surface area contributed by atoms with Gasteiger partial charge in [-0.2, -0.15) is 0 Å². The van der Waals surface area contributed by atoms with Crippen LogP contribution in [-0.4, -0.2) is 24.5 Å². The number of methoxy groups -OCH3 is 1. The van der Waals surface area contributed by atoms with Gasteiger partial charge in [0.1, 0.15) is 5.54 Å². The standard InChI is InChI=1S/C15H17Cl2NO3/c1-21-14(20)15(8-3-2-4-9-15)18-13(19)10-6-5-7-11(16)12(10)17/h5-7H,2-4,8-9H2,1H3,(H,18,19). The van der Waals surface area contributed by atoms with Crippen LogP contribution in [0.3, 0.4) is 0 Å². The van der Waals surface area contributed by atoms with Crippen molar-refractivity contribution < 1.29 is 14.3 Å². The third-order valence-corrected chi connectivity index (χ3v) is 4.65. The second-order valence-electron chi connectivity index (χ2n) is 5.19. The third-order valence-electron chi connectivity index (χ3n) is 3.83. The minimum Gasteiger partial charge on any atom is -0.467 e. The minimum absolute atomic E-state index is 0.187. The van der Waals surface area contributed by atoms with Crippen LogP contribution in [0.4, 0.5) is 0 Å². The van der Waals surface area contributed by atoms with E-state index in [0.717, 1.165) is 19.3 Å². The van der Waals surface area contributed by atoms with Crippen LogP contribution in [0.1, 0.15) is 42.5 Å². The number of rotatable bonds is 3. The Labute approximate surface area is 133 Å². The van der Waals surface area contributed by atoms with Crippen molar-refractivity contribution in [1.29, 1.82) is 0 Å². The van der Waals surface area contributed by atoms with Gasteiger partial charge in [0.2, 0.25) is 0 Å². The first-order valence-corrected chi connectivity index (χ1v) is 7.61. The number of ether oxygens (including phenoxy) is 1. The van der Waals surface area contributed by atoms with Crippen molar-refractivity contribution in [2.75, 3.05) is 7.11 Å². The van der Waals surface area contributed by atoms with Gasteiger partial charge < -0.3 is 10.1 Å². The predicted molar refractivity (Wildman–Crippen MR) is 81.8 cm³/mol. The van der Waals surface area contributed by atoms with E-state index in [2.05, 4.69) is 5.32 Å². The normalized spacial score (nSPS) is 17.1. The maximum absolute atomic E-state index is 12.4. The summed E-state index contributed by atoms with van der Waals surface area (Å²) in [6.45, 7) is 0. The Balaban J connectivity index is 2.26. The molecule has 4 nitrogen and oxygen atoms in total. The van der Waals surface area contributed by atoms with Gasteiger partial charge in [-0.05, 0) is 25.0 Å². The third kappa shape index (κ3) is 3.33. The summed E-state index contributed by atoms with van der Waals surface area (Å²) in [5, 5.41) is 3.30. The van der Waals surface area contributed by atoms with E-state index < -0.39 is 17.4 Å². The number of benzene rings is 1. The number of carbonyl (C=O) groups excluding carboxylic acids is 2. The highest BCUT2D eigenvalue weighted by atomic mass is 35.5. The molecule has 1 aromatic carbocycles. The van der Waals surface area contributed by atoms with E-state index >= 15 is 0 Å². The number of hydrogen-bond donors (Lipinski definition) is 1. The molecule has 2 rings (SSSR count). The molecule has 0 radical (unpaired) electrons. The SMILES string of the molecule is COC(=O)C1(NC(=O)c2cccc(Cl)c2Cl)CCCCC1. The Kier molecular flexibility index (Phi) is 5.12. The van der Waals surface area contributed by atoms with Crippen LogP contribution in [0.2, 0.25) is 10.0 Å². The maximum atomic E-state index is 12.4. The van der Waals surface area contributed by atoms with Gasteiger partial charge in [0.25, 0.3) is 5.91 Å². The van der Waals surface area contributed by atoms with Crippen LogP contribution in [-0.2, 0) is 9.53 Å². The first kappa shape index (κ1) is 16.1. The number of esters is 1. The topological polar surface area (TPSA) is 55.4 Å². The molecule has 0 atom stereocenters. The first-order valence-electron chi connectivity index (χ1n) is 6.85.